The first-order chi connectivity index (χ1) is 11.4. The van der Waals surface area contributed by atoms with Crippen molar-refractivity contribution >= 4 is 17.4 Å². The molecule has 5 nitrogen and oxygen atoms in total. The summed E-state index contributed by atoms with van der Waals surface area (Å²) in [6.07, 6.45) is 2.20. The van der Waals surface area contributed by atoms with Gasteiger partial charge in [0.05, 0.1) is 0 Å². The molecule has 24 heavy (non-hydrogen) atoms. The van der Waals surface area contributed by atoms with E-state index < -0.39 is 0 Å². The van der Waals surface area contributed by atoms with Gasteiger partial charge < -0.3 is 10.6 Å². The van der Waals surface area contributed by atoms with Crippen LogP contribution in [0, 0.1) is 0 Å². The van der Waals surface area contributed by atoms with E-state index in [2.05, 4.69) is 48.5 Å². The van der Waals surface area contributed by atoms with E-state index in [0.717, 1.165) is 30.6 Å². The van der Waals surface area contributed by atoms with Crippen molar-refractivity contribution in [2.75, 3.05) is 17.2 Å². The van der Waals surface area contributed by atoms with E-state index in [1.807, 2.05) is 24.3 Å². The third-order valence-corrected chi connectivity index (χ3v) is 3.72. The number of rotatable bonds is 6. The average Bonchev–Trinajstić information content (AvgIpc) is 2.55. The highest BCUT2D eigenvalue weighted by Crippen LogP contribution is 2.29. The quantitative estimate of drug-likeness (QED) is 0.779. The fourth-order valence-electron chi connectivity index (χ4n) is 2.37. The number of amides is 1. The van der Waals surface area contributed by atoms with Crippen molar-refractivity contribution in [2.45, 2.75) is 46.0 Å². The van der Waals surface area contributed by atoms with Crippen LogP contribution >= 0.6 is 0 Å². The number of benzene rings is 1. The molecule has 2 aromatic rings. The van der Waals surface area contributed by atoms with Crippen molar-refractivity contribution < 1.29 is 4.79 Å². The maximum absolute atomic E-state index is 12.4. The van der Waals surface area contributed by atoms with E-state index in [-0.39, 0.29) is 11.3 Å². The van der Waals surface area contributed by atoms with Gasteiger partial charge in [0.15, 0.2) is 5.69 Å². The van der Waals surface area contributed by atoms with E-state index >= 15 is 0 Å². The highest BCUT2D eigenvalue weighted by Gasteiger charge is 2.19. The van der Waals surface area contributed by atoms with Gasteiger partial charge in [-0.1, -0.05) is 52.3 Å². The minimum Gasteiger partial charge on any atom is -0.369 e. The Morgan fingerprint density at radius 3 is 2.46 bits per heavy atom. The van der Waals surface area contributed by atoms with Gasteiger partial charge in [-0.05, 0) is 35.6 Å². The van der Waals surface area contributed by atoms with Gasteiger partial charge in [0, 0.05) is 12.2 Å². The molecule has 0 aliphatic heterocycles. The van der Waals surface area contributed by atoms with Crippen LogP contribution in [0.25, 0.3) is 0 Å². The molecule has 0 spiro atoms. The van der Waals surface area contributed by atoms with Crippen molar-refractivity contribution in [3.63, 3.8) is 0 Å². The standard InChI is InChI=1S/C19H26N4O/c1-5-6-13-20-17-12-11-16(22-23-17)18(24)21-15-10-8-7-9-14(15)19(2,3)4/h7-12H,5-6,13H2,1-4H3,(H,20,23)(H,21,24). The summed E-state index contributed by atoms with van der Waals surface area (Å²) in [5.74, 6) is 0.439. The van der Waals surface area contributed by atoms with Crippen LogP contribution in [0.1, 0.15) is 56.6 Å². The van der Waals surface area contributed by atoms with Crippen LogP contribution in [0.3, 0.4) is 0 Å². The Morgan fingerprint density at radius 2 is 1.83 bits per heavy atom. The summed E-state index contributed by atoms with van der Waals surface area (Å²) in [7, 11) is 0. The second kappa shape index (κ2) is 7.90. The number of anilines is 2. The Kier molecular flexibility index (Phi) is 5.90. The molecule has 0 bridgehead atoms. The van der Waals surface area contributed by atoms with E-state index in [1.54, 1.807) is 12.1 Å². The van der Waals surface area contributed by atoms with E-state index in [1.165, 1.54) is 0 Å². The third-order valence-electron chi connectivity index (χ3n) is 3.72. The zero-order chi connectivity index (χ0) is 17.6. The topological polar surface area (TPSA) is 66.9 Å². The van der Waals surface area contributed by atoms with Crippen molar-refractivity contribution in [3.05, 3.63) is 47.7 Å². The van der Waals surface area contributed by atoms with Gasteiger partial charge in [-0.15, -0.1) is 10.2 Å². The number of nitrogens with zero attached hydrogens (tertiary/aromatic N) is 2. The molecule has 0 aliphatic carbocycles. The van der Waals surface area contributed by atoms with Crippen molar-refractivity contribution in [1.82, 2.24) is 10.2 Å². The van der Waals surface area contributed by atoms with Gasteiger partial charge in [-0.25, -0.2) is 0 Å². The molecule has 0 saturated heterocycles. The molecule has 5 heteroatoms. The number of hydrogen-bond acceptors (Lipinski definition) is 4. The van der Waals surface area contributed by atoms with Crippen LogP contribution in [0.5, 0.6) is 0 Å². The number of carbonyl (C=O) groups is 1. The number of unbranched alkanes of at least 4 members (excludes halogenated alkanes) is 1. The summed E-state index contributed by atoms with van der Waals surface area (Å²) < 4.78 is 0. The first-order valence-corrected chi connectivity index (χ1v) is 8.40. The van der Waals surface area contributed by atoms with Gasteiger partial charge in [0.25, 0.3) is 5.91 Å². The van der Waals surface area contributed by atoms with Crippen molar-refractivity contribution in [1.29, 1.82) is 0 Å². The molecule has 0 saturated carbocycles. The van der Waals surface area contributed by atoms with Gasteiger partial charge >= 0.3 is 0 Å². The van der Waals surface area contributed by atoms with Crippen molar-refractivity contribution in [3.8, 4) is 0 Å². The Bertz CT molecular complexity index is 675. The Morgan fingerprint density at radius 1 is 1.08 bits per heavy atom. The number of carbonyl (C=O) groups excluding carboxylic acids is 1. The van der Waals surface area contributed by atoms with Gasteiger partial charge in [-0.2, -0.15) is 0 Å². The monoisotopic (exact) mass is 326 g/mol. The number of hydrogen-bond donors (Lipinski definition) is 2. The molecular weight excluding hydrogens is 300 g/mol. The lowest BCUT2D eigenvalue weighted by Crippen LogP contribution is -2.19. The van der Waals surface area contributed by atoms with Gasteiger partial charge in [0.2, 0.25) is 0 Å². The SMILES string of the molecule is CCCCNc1ccc(C(=O)Nc2ccccc2C(C)(C)C)nn1. The zero-order valence-corrected chi connectivity index (χ0v) is 14.9. The Hall–Kier alpha value is -2.43. The lowest BCUT2D eigenvalue weighted by Gasteiger charge is -2.22. The molecule has 0 radical (unpaired) electrons. The van der Waals surface area contributed by atoms with E-state index in [4.69, 9.17) is 0 Å². The maximum Gasteiger partial charge on any atom is 0.276 e. The Balaban J connectivity index is 2.08. The predicted octanol–water partition coefficient (Wildman–Crippen LogP) is 4.24. The van der Waals surface area contributed by atoms with Gasteiger partial charge in [0.1, 0.15) is 5.82 Å². The molecule has 2 rings (SSSR count). The van der Waals surface area contributed by atoms with Crippen LogP contribution < -0.4 is 10.6 Å². The lowest BCUT2D eigenvalue weighted by atomic mass is 9.86. The minimum absolute atomic E-state index is 0.0530. The molecule has 0 aliphatic rings. The molecule has 2 N–H and O–H groups in total. The molecule has 0 fully saturated rings. The van der Waals surface area contributed by atoms with E-state index in [9.17, 15) is 4.79 Å². The lowest BCUT2D eigenvalue weighted by molar-refractivity contribution is 0.102. The summed E-state index contributed by atoms with van der Waals surface area (Å²) >= 11 is 0. The fourth-order valence-corrected chi connectivity index (χ4v) is 2.37. The number of para-hydroxylation sites is 1. The third kappa shape index (κ3) is 4.78. The second-order valence-electron chi connectivity index (χ2n) is 6.83. The second-order valence-corrected chi connectivity index (χ2v) is 6.83. The molecular formula is C19H26N4O. The molecule has 0 atom stereocenters. The first-order valence-electron chi connectivity index (χ1n) is 8.40. The largest absolute Gasteiger partial charge is 0.369 e. The minimum atomic E-state index is -0.251. The highest BCUT2D eigenvalue weighted by atomic mass is 16.1. The molecule has 1 amide bonds. The average molecular weight is 326 g/mol. The Labute approximate surface area is 143 Å². The molecule has 1 aromatic carbocycles. The van der Waals surface area contributed by atoms with Crippen LogP contribution in [0.2, 0.25) is 0 Å². The predicted molar refractivity (Wildman–Crippen MR) is 98.5 cm³/mol. The first kappa shape index (κ1) is 17.9. The van der Waals surface area contributed by atoms with Crippen molar-refractivity contribution in [2.24, 2.45) is 0 Å². The normalized spacial score (nSPS) is 11.2. The highest BCUT2D eigenvalue weighted by molar-refractivity contribution is 6.03. The summed E-state index contributed by atoms with van der Waals surface area (Å²) in [5, 5.41) is 14.2. The summed E-state index contributed by atoms with van der Waals surface area (Å²) in [6, 6.07) is 11.3. The summed E-state index contributed by atoms with van der Waals surface area (Å²) in [5.41, 5.74) is 2.15. The van der Waals surface area contributed by atoms with Crippen LogP contribution in [-0.2, 0) is 5.41 Å². The molecule has 128 valence electrons. The number of nitrogens with one attached hydrogen (secondary N) is 2. The molecule has 0 unspecified atom stereocenters. The number of aromatic nitrogens is 2. The summed E-state index contributed by atoms with van der Waals surface area (Å²) in [4.78, 5) is 12.4. The summed E-state index contributed by atoms with van der Waals surface area (Å²) in [6.45, 7) is 9.35. The van der Waals surface area contributed by atoms with Gasteiger partial charge in [-0.3, -0.25) is 4.79 Å². The van der Waals surface area contributed by atoms with Crippen LogP contribution in [0.15, 0.2) is 36.4 Å². The zero-order valence-electron chi connectivity index (χ0n) is 14.9. The maximum atomic E-state index is 12.4. The van der Waals surface area contributed by atoms with Crippen LogP contribution in [-0.4, -0.2) is 22.6 Å². The smallest absolute Gasteiger partial charge is 0.276 e. The fraction of sp³-hybridized carbons (Fsp3) is 0.421. The molecule has 1 aromatic heterocycles. The molecule has 1 heterocycles. The van der Waals surface area contributed by atoms with E-state index in [0.29, 0.717) is 11.5 Å². The van der Waals surface area contributed by atoms with Crippen LogP contribution in [0.4, 0.5) is 11.5 Å².